The Kier molecular flexibility index (Phi) is 5.38. The highest BCUT2D eigenvalue weighted by molar-refractivity contribution is 6.30. The van der Waals surface area contributed by atoms with Crippen LogP contribution in [0.4, 0.5) is 0 Å². The van der Waals surface area contributed by atoms with E-state index < -0.39 is 6.10 Å². The summed E-state index contributed by atoms with van der Waals surface area (Å²) in [7, 11) is 0. The fraction of sp³-hybridized carbons (Fsp3) is 0.438. The first kappa shape index (κ1) is 17.4. The molecule has 23 heavy (non-hydrogen) atoms. The molecule has 1 unspecified atom stereocenters. The van der Waals surface area contributed by atoms with Gasteiger partial charge < -0.3 is 14.9 Å². The van der Waals surface area contributed by atoms with E-state index in [2.05, 4.69) is 15.5 Å². The second kappa shape index (κ2) is 7.10. The summed E-state index contributed by atoms with van der Waals surface area (Å²) in [5.74, 6) is 0.627. The smallest absolute Gasteiger partial charge is 0.232 e. The fourth-order valence-electron chi connectivity index (χ4n) is 1.86. The molecule has 0 aliphatic heterocycles. The highest BCUT2D eigenvalue weighted by Crippen LogP contribution is 2.20. The van der Waals surface area contributed by atoms with Crippen molar-refractivity contribution in [2.75, 3.05) is 0 Å². The van der Waals surface area contributed by atoms with Gasteiger partial charge in [-0.15, -0.1) is 0 Å². The molecule has 0 saturated carbocycles. The maximum Gasteiger partial charge on any atom is 0.232 e. The molecule has 0 saturated heterocycles. The number of carbonyl (C=O) groups excluding carboxylic acids is 1. The van der Waals surface area contributed by atoms with Gasteiger partial charge in [0.25, 0.3) is 0 Å². The first-order valence-electron chi connectivity index (χ1n) is 7.29. The van der Waals surface area contributed by atoms with Crippen LogP contribution in [0.1, 0.15) is 50.6 Å². The van der Waals surface area contributed by atoms with Gasteiger partial charge in [0.15, 0.2) is 5.82 Å². The SMILES string of the molecule is CC(C)(C)c1nc(CNC(=O)CC(O)c2ccc(Cl)cc2)no1. The largest absolute Gasteiger partial charge is 0.388 e. The third-order valence-electron chi connectivity index (χ3n) is 3.19. The van der Waals surface area contributed by atoms with Crippen molar-refractivity contribution in [3.63, 3.8) is 0 Å². The molecule has 1 heterocycles. The first-order valence-corrected chi connectivity index (χ1v) is 7.67. The minimum absolute atomic E-state index is 0.0500. The summed E-state index contributed by atoms with van der Waals surface area (Å²) >= 11 is 5.79. The van der Waals surface area contributed by atoms with Gasteiger partial charge in [-0.2, -0.15) is 4.98 Å². The molecule has 2 aromatic rings. The Bertz CT molecular complexity index is 662. The van der Waals surface area contributed by atoms with Crippen molar-refractivity contribution >= 4 is 17.5 Å². The van der Waals surface area contributed by atoms with Crippen LogP contribution in [0.5, 0.6) is 0 Å². The molecule has 6 nitrogen and oxygen atoms in total. The first-order chi connectivity index (χ1) is 10.8. The Morgan fingerprint density at radius 3 is 2.57 bits per heavy atom. The van der Waals surface area contributed by atoms with E-state index in [1.807, 2.05) is 20.8 Å². The Hall–Kier alpha value is -1.92. The van der Waals surface area contributed by atoms with Gasteiger partial charge in [-0.3, -0.25) is 4.79 Å². The molecule has 124 valence electrons. The zero-order chi connectivity index (χ0) is 17.0. The van der Waals surface area contributed by atoms with Gasteiger partial charge in [0.1, 0.15) is 0 Å². The number of hydrogen-bond acceptors (Lipinski definition) is 5. The minimum Gasteiger partial charge on any atom is -0.388 e. The van der Waals surface area contributed by atoms with Crippen molar-refractivity contribution in [3.8, 4) is 0 Å². The molecule has 1 aromatic carbocycles. The number of rotatable bonds is 5. The predicted octanol–water partition coefficient (Wildman–Crippen LogP) is 2.76. The van der Waals surface area contributed by atoms with Crippen molar-refractivity contribution in [3.05, 3.63) is 46.6 Å². The highest BCUT2D eigenvalue weighted by Gasteiger charge is 2.22. The van der Waals surface area contributed by atoms with Crippen LogP contribution >= 0.6 is 11.6 Å². The molecule has 0 spiro atoms. The van der Waals surface area contributed by atoms with Gasteiger partial charge in [0.05, 0.1) is 19.1 Å². The number of hydrogen-bond donors (Lipinski definition) is 2. The van der Waals surface area contributed by atoms with Gasteiger partial charge in [0, 0.05) is 10.4 Å². The third kappa shape index (κ3) is 5.04. The maximum absolute atomic E-state index is 11.9. The molecule has 0 fully saturated rings. The molecule has 0 radical (unpaired) electrons. The molecular formula is C16H20ClN3O3. The molecular weight excluding hydrogens is 318 g/mol. The lowest BCUT2D eigenvalue weighted by Crippen LogP contribution is -2.25. The second-order valence-electron chi connectivity index (χ2n) is 6.31. The van der Waals surface area contributed by atoms with Crippen molar-refractivity contribution in [2.24, 2.45) is 0 Å². The van der Waals surface area contributed by atoms with Crippen LogP contribution in [0.2, 0.25) is 5.02 Å². The van der Waals surface area contributed by atoms with Crippen LogP contribution in [-0.2, 0) is 16.8 Å². The van der Waals surface area contributed by atoms with E-state index in [-0.39, 0.29) is 24.3 Å². The summed E-state index contributed by atoms with van der Waals surface area (Å²) < 4.78 is 5.15. The lowest BCUT2D eigenvalue weighted by Gasteiger charge is -2.11. The number of nitrogens with zero attached hydrogens (tertiary/aromatic N) is 2. The van der Waals surface area contributed by atoms with E-state index in [0.29, 0.717) is 22.3 Å². The quantitative estimate of drug-likeness (QED) is 0.875. The van der Waals surface area contributed by atoms with Crippen LogP contribution in [0.15, 0.2) is 28.8 Å². The van der Waals surface area contributed by atoms with E-state index in [9.17, 15) is 9.90 Å². The summed E-state index contributed by atoms with van der Waals surface area (Å²) in [5.41, 5.74) is 0.402. The zero-order valence-corrected chi connectivity index (χ0v) is 14.1. The number of benzene rings is 1. The molecule has 0 aliphatic rings. The van der Waals surface area contributed by atoms with Crippen LogP contribution in [0.3, 0.4) is 0 Å². The van der Waals surface area contributed by atoms with Crippen LogP contribution in [-0.4, -0.2) is 21.2 Å². The average molecular weight is 338 g/mol. The normalized spacial score (nSPS) is 12.9. The number of carbonyl (C=O) groups is 1. The summed E-state index contributed by atoms with van der Waals surface area (Å²) in [6.45, 7) is 6.05. The molecule has 2 N–H and O–H groups in total. The van der Waals surface area contributed by atoms with E-state index in [0.717, 1.165) is 0 Å². The lowest BCUT2D eigenvalue weighted by molar-refractivity contribution is -0.123. The number of amides is 1. The predicted molar refractivity (Wildman–Crippen MR) is 85.9 cm³/mol. The summed E-state index contributed by atoms with van der Waals surface area (Å²) in [6, 6.07) is 6.72. The van der Waals surface area contributed by atoms with Crippen molar-refractivity contribution < 1.29 is 14.4 Å². The van der Waals surface area contributed by atoms with Crippen LogP contribution in [0.25, 0.3) is 0 Å². The zero-order valence-electron chi connectivity index (χ0n) is 13.3. The highest BCUT2D eigenvalue weighted by atomic mass is 35.5. The van der Waals surface area contributed by atoms with Crippen molar-refractivity contribution in [1.82, 2.24) is 15.5 Å². The molecule has 7 heteroatoms. The molecule has 0 aliphatic carbocycles. The van der Waals surface area contributed by atoms with Crippen molar-refractivity contribution in [1.29, 1.82) is 0 Å². The van der Waals surface area contributed by atoms with E-state index in [4.69, 9.17) is 16.1 Å². The monoisotopic (exact) mass is 337 g/mol. The summed E-state index contributed by atoms with van der Waals surface area (Å²) in [4.78, 5) is 16.1. The fourth-order valence-corrected chi connectivity index (χ4v) is 1.98. The van der Waals surface area contributed by atoms with Crippen LogP contribution < -0.4 is 5.32 Å². The van der Waals surface area contributed by atoms with Gasteiger partial charge in [-0.25, -0.2) is 0 Å². The number of aliphatic hydroxyl groups is 1. The van der Waals surface area contributed by atoms with E-state index >= 15 is 0 Å². The number of nitrogens with one attached hydrogen (secondary N) is 1. The second-order valence-corrected chi connectivity index (χ2v) is 6.75. The van der Waals surface area contributed by atoms with Gasteiger partial charge in [-0.05, 0) is 17.7 Å². The Morgan fingerprint density at radius 1 is 1.35 bits per heavy atom. The van der Waals surface area contributed by atoms with E-state index in [1.54, 1.807) is 24.3 Å². The number of aliphatic hydroxyl groups excluding tert-OH is 1. The standard InChI is InChI=1S/C16H20ClN3O3/c1-16(2,3)15-19-13(20-23-15)9-18-14(22)8-12(21)10-4-6-11(17)7-5-10/h4-7,12,21H,8-9H2,1-3H3,(H,18,22). The molecule has 2 rings (SSSR count). The molecule has 0 bridgehead atoms. The minimum atomic E-state index is -0.886. The van der Waals surface area contributed by atoms with Gasteiger partial charge in [0.2, 0.25) is 11.8 Å². The number of halogens is 1. The molecule has 1 atom stereocenters. The van der Waals surface area contributed by atoms with Crippen LogP contribution in [0, 0.1) is 0 Å². The maximum atomic E-state index is 11.9. The average Bonchev–Trinajstić information content (AvgIpc) is 2.95. The van der Waals surface area contributed by atoms with Gasteiger partial charge >= 0.3 is 0 Å². The van der Waals surface area contributed by atoms with Crippen molar-refractivity contribution in [2.45, 2.75) is 45.3 Å². The Balaban J connectivity index is 1.85. The third-order valence-corrected chi connectivity index (χ3v) is 3.44. The summed E-state index contributed by atoms with van der Waals surface area (Å²) in [5, 5.41) is 17.1. The molecule has 1 aromatic heterocycles. The van der Waals surface area contributed by atoms with E-state index in [1.165, 1.54) is 0 Å². The topological polar surface area (TPSA) is 88.2 Å². The molecule has 1 amide bonds. The Labute approximate surface area is 139 Å². The summed E-state index contributed by atoms with van der Waals surface area (Å²) in [6.07, 6.45) is -0.936. The number of aromatic nitrogens is 2. The Morgan fingerprint density at radius 2 is 2.00 bits per heavy atom. The lowest BCUT2D eigenvalue weighted by atomic mass is 9.97. The van der Waals surface area contributed by atoms with Gasteiger partial charge in [-0.1, -0.05) is 49.7 Å².